The molecule has 0 unspecified atom stereocenters. The molecule has 2 fully saturated rings. The number of rotatable bonds is 8. The smallest absolute Gasteiger partial charge is 0.193 e. The van der Waals surface area contributed by atoms with Gasteiger partial charge < -0.3 is 24.6 Å². The second-order valence-corrected chi connectivity index (χ2v) is 9.34. The highest BCUT2D eigenvalue weighted by Gasteiger charge is 2.39. The lowest BCUT2D eigenvalue weighted by Gasteiger charge is -2.50. The number of aliphatic imine (C=N–C) groups is 1. The quantitative estimate of drug-likeness (QED) is 0.491. The van der Waals surface area contributed by atoms with Crippen molar-refractivity contribution in [2.24, 2.45) is 4.99 Å². The van der Waals surface area contributed by atoms with Gasteiger partial charge >= 0.3 is 0 Å². The molecule has 1 N–H and O–H groups in total. The highest BCUT2D eigenvalue weighted by Crippen LogP contribution is 2.31. The second-order valence-electron chi connectivity index (χ2n) is 9.34. The van der Waals surface area contributed by atoms with Crippen LogP contribution < -0.4 is 14.8 Å². The SMILES string of the molecule is CN=C(NCC1(N2CCCCC2)CCN(C)CC1)N(C)CCc1ccc(OC)c(OC)c1. The molecule has 1 aromatic carbocycles. The lowest BCUT2D eigenvalue weighted by molar-refractivity contribution is 0.0170. The lowest BCUT2D eigenvalue weighted by atomic mass is 9.84. The van der Waals surface area contributed by atoms with Crippen molar-refractivity contribution >= 4 is 5.96 Å². The molecule has 3 rings (SSSR count). The van der Waals surface area contributed by atoms with Gasteiger partial charge in [-0.1, -0.05) is 12.5 Å². The molecule has 0 aromatic heterocycles. The number of piperidine rings is 2. The van der Waals surface area contributed by atoms with Crippen molar-refractivity contribution in [2.75, 3.05) is 74.6 Å². The second kappa shape index (κ2) is 11.8. The first-order valence-corrected chi connectivity index (χ1v) is 12.1. The predicted octanol–water partition coefficient (Wildman–Crippen LogP) is 2.70. The maximum absolute atomic E-state index is 5.45. The summed E-state index contributed by atoms with van der Waals surface area (Å²) >= 11 is 0. The minimum atomic E-state index is 0.243. The van der Waals surface area contributed by atoms with E-state index < -0.39 is 0 Å². The van der Waals surface area contributed by atoms with Crippen LogP contribution in [0.2, 0.25) is 0 Å². The number of methoxy groups -OCH3 is 2. The Bertz CT molecular complexity index is 740. The van der Waals surface area contributed by atoms with E-state index in [0.29, 0.717) is 0 Å². The van der Waals surface area contributed by atoms with Crippen LogP contribution >= 0.6 is 0 Å². The third-order valence-electron chi connectivity index (χ3n) is 7.28. The molecule has 0 aliphatic carbocycles. The van der Waals surface area contributed by atoms with Gasteiger partial charge in [-0.2, -0.15) is 0 Å². The van der Waals surface area contributed by atoms with Crippen LogP contribution in [0.5, 0.6) is 11.5 Å². The molecule has 180 valence electrons. The molecule has 2 aliphatic heterocycles. The van der Waals surface area contributed by atoms with E-state index >= 15 is 0 Å². The van der Waals surface area contributed by atoms with Crippen molar-refractivity contribution in [1.82, 2.24) is 20.0 Å². The molecule has 0 spiro atoms. The number of guanidine groups is 1. The van der Waals surface area contributed by atoms with Gasteiger partial charge in [-0.15, -0.1) is 0 Å². The Morgan fingerprint density at radius 2 is 1.75 bits per heavy atom. The van der Waals surface area contributed by atoms with E-state index in [4.69, 9.17) is 9.47 Å². The van der Waals surface area contributed by atoms with Gasteiger partial charge in [-0.05, 0) is 83.0 Å². The van der Waals surface area contributed by atoms with Crippen LogP contribution in [0.25, 0.3) is 0 Å². The van der Waals surface area contributed by atoms with Gasteiger partial charge in [0.2, 0.25) is 0 Å². The Kier molecular flexibility index (Phi) is 9.05. The Morgan fingerprint density at radius 3 is 2.38 bits per heavy atom. The first-order chi connectivity index (χ1) is 15.5. The summed E-state index contributed by atoms with van der Waals surface area (Å²) in [5.41, 5.74) is 1.47. The fraction of sp³-hybridized carbons (Fsp3) is 0.720. The number of ether oxygens (including phenoxy) is 2. The van der Waals surface area contributed by atoms with Crippen LogP contribution in [0.4, 0.5) is 0 Å². The van der Waals surface area contributed by atoms with Crippen LogP contribution in [-0.4, -0.2) is 101 Å². The molecule has 0 amide bonds. The minimum Gasteiger partial charge on any atom is -0.493 e. The van der Waals surface area contributed by atoms with Crippen LogP contribution in [0, 0.1) is 0 Å². The number of benzene rings is 1. The number of hydrogen-bond donors (Lipinski definition) is 1. The van der Waals surface area contributed by atoms with Gasteiger partial charge in [-0.3, -0.25) is 9.89 Å². The van der Waals surface area contributed by atoms with Crippen LogP contribution in [0.1, 0.15) is 37.7 Å². The van der Waals surface area contributed by atoms with Gasteiger partial charge in [0, 0.05) is 32.7 Å². The van der Waals surface area contributed by atoms with Crippen molar-refractivity contribution in [2.45, 2.75) is 44.1 Å². The molecule has 32 heavy (non-hydrogen) atoms. The van der Waals surface area contributed by atoms with E-state index in [2.05, 4.69) is 51.2 Å². The van der Waals surface area contributed by atoms with Crippen LogP contribution in [-0.2, 0) is 6.42 Å². The normalized spacial score (nSPS) is 20.1. The average Bonchev–Trinajstić information content (AvgIpc) is 2.84. The van der Waals surface area contributed by atoms with Gasteiger partial charge in [0.25, 0.3) is 0 Å². The first-order valence-electron chi connectivity index (χ1n) is 12.1. The van der Waals surface area contributed by atoms with E-state index in [-0.39, 0.29) is 5.54 Å². The van der Waals surface area contributed by atoms with Crippen molar-refractivity contribution in [3.63, 3.8) is 0 Å². The fourth-order valence-corrected chi connectivity index (χ4v) is 5.07. The number of nitrogens with one attached hydrogen (secondary N) is 1. The largest absolute Gasteiger partial charge is 0.493 e. The first kappa shape index (κ1) is 24.6. The summed E-state index contributed by atoms with van der Waals surface area (Å²) in [6, 6.07) is 6.14. The average molecular weight is 446 g/mol. The molecule has 2 saturated heterocycles. The third-order valence-corrected chi connectivity index (χ3v) is 7.28. The molecule has 0 saturated carbocycles. The summed E-state index contributed by atoms with van der Waals surface area (Å²) in [7, 11) is 9.60. The molecule has 0 radical (unpaired) electrons. The Labute approximate surface area is 194 Å². The molecular weight excluding hydrogens is 402 g/mol. The van der Waals surface area contributed by atoms with E-state index in [0.717, 1.165) is 37.0 Å². The Hall–Kier alpha value is -1.99. The number of hydrogen-bond acceptors (Lipinski definition) is 5. The Balaban J connectivity index is 1.59. The predicted molar refractivity (Wildman–Crippen MR) is 132 cm³/mol. The van der Waals surface area contributed by atoms with Crippen LogP contribution in [0.15, 0.2) is 23.2 Å². The summed E-state index contributed by atoms with van der Waals surface area (Å²) in [5, 5.41) is 3.74. The molecule has 0 bridgehead atoms. The standard InChI is InChI=1S/C25H43N5O2/c1-26-24(29(3)16-11-21-9-10-22(31-4)23(19-21)32-5)27-20-25(12-17-28(2)18-13-25)30-14-7-6-8-15-30/h9-10,19H,6-8,11-18,20H2,1-5H3,(H,26,27). The van der Waals surface area contributed by atoms with Gasteiger partial charge in [0.15, 0.2) is 17.5 Å². The van der Waals surface area contributed by atoms with Gasteiger partial charge in [0.1, 0.15) is 0 Å². The number of likely N-dealkylation sites (tertiary alicyclic amines) is 2. The van der Waals surface area contributed by atoms with Gasteiger partial charge in [0.05, 0.1) is 14.2 Å². The van der Waals surface area contributed by atoms with E-state index in [1.165, 1.54) is 63.8 Å². The summed E-state index contributed by atoms with van der Waals surface area (Å²) in [4.78, 5) is 12.1. The zero-order valence-electron chi connectivity index (χ0n) is 20.8. The number of likely N-dealkylation sites (N-methyl/N-ethyl adjacent to an activating group) is 1. The van der Waals surface area contributed by atoms with Gasteiger partial charge in [-0.25, -0.2) is 0 Å². The molecule has 7 nitrogen and oxygen atoms in total. The van der Waals surface area contributed by atoms with Crippen molar-refractivity contribution < 1.29 is 9.47 Å². The topological polar surface area (TPSA) is 52.6 Å². The monoisotopic (exact) mass is 445 g/mol. The lowest BCUT2D eigenvalue weighted by Crippen LogP contribution is -2.62. The zero-order valence-corrected chi connectivity index (χ0v) is 20.8. The van der Waals surface area contributed by atoms with E-state index in [9.17, 15) is 0 Å². The van der Waals surface area contributed by atoms with Crippen LogP contribution in [0.3, 0.4) is 0 Å². The van der Waals surface area contributed by atoms with Crippen molar-refractivity contribution in [3.05, 3.63) is 23.8 Å². The zero-order chi connectivity index (χ0) is 23.0. The minimum absolute atomic E-state index is 0.243. The van der Waals surface area contributed by atoms with Crippen molar-refractivity contribution in [3.8, 4) is 11.5 Å². The van der Waals surface area contributed by atoms with Crippen molar-refractivity contribution in [1.29, 1.82) is 0 Å². The molecule has 2 heterocycles. The summed E-state index contributed by atoms with van der Waals surface area (Å²) in [6.45, 7) is 6.67. The molecule has 7 heteroatoms. The summed E-state index contributed by atoms with van der Waals surface area (Å²) < 4.78 is 10.8. The fourth-order valence-electron chi connectivity index (χ4n) is 5.07. The highest BCUT2D eigenvalue weighted by molar-refractivity contribution is 5.79. The molecule has 0 atom stereocenters. The molecule has 1 aromatic rings. The maximum Gasteiger partial charge on any atom is 0.193 e. The molecule has 2 aliphatic rings. The maximum atomic E-state index is 5.45. The molecular formula is C25H43N5O2. The Morgan fingerprint density at radius 1 is 1.06 bits per heavy atom. The number of nitrogens with zero attached hydrogens (tertiary/aromatic N) is 4. The summed E-state index contributed by atoms with van der Waals surface area (Å²) in [6.07, 6.45) is 7.40. The van der Waals surface area contributed by atoms with E-state index in [1.807, 2.05) is 13.1 Å². The third kappa shape index (κ3) is 6.07. The van der Waals surface area contributed by atoms with E-state index in [1.54, 1.807) is 14.2 Å². The highest BCUT2D eigenvalue weighted by atomic mass is 16.5. The summed E-state index contributed by atoms with van der Waals surface area (Å²) in [5.74, 6) is 2.52.